The van der Waals surface area contributed by atoms with Crippen molar-refractivity contribution in [3.63, 3.8) is 0 Å². The standard InChI is InChI=1S/C15H22N2O/c1-16-8-4-9-17(11-10-16)14-7-12-18-15-6-3-2-5-13(14)15/h2-3,5-6,14H,4,7-12H2,1H3/t14-/m1/s1. The quantitative estimate of drug-likeness (QED) is 0.755. The first-order valence-electron chi connectivity index (χ1n) is 6.99. The molecule has 0 radical (unpaired) electrons. The third-order valence-electron chi connectivity index (χ3n) is 4.12. The second-order valence-corrected chi connectivity index (χ2v) is 5.38. The monoisotopic (exact) mass is 246 g/mol. The number of hydrogen-bond acceptors (Lipinski definition) is 3. The van der Waals surface area contributed by atoms with Crippen LogP contribution in [0.15, 0.2) is 24.3 Å². The molecule has 1 aromatic rings. The van der Waals surface area contributed by atoms with Crippen LogP contribution >= 0.6 is 0 Å². The van der Waals surface area contributed by atoms with E-state index >= 15 is 0 Å². The predicted octanol–water partition coefficient (Wildman–Crippen LogP) is 2.15. The van der Waals surface area contributed by atoms with E-state index in [1.807, 2.05) is 0 Å². The van der Waals surface area contributed by atoms with Crippen molar-refractivity contribution in [3.8, 4) is 5.75 Å². The SMILES string of the molecule is CN1CCCN([C@@H]2CCOc3ccccc32)CC1. The molecule has 0 N–H and O–H groups in total. The average molecular weight is 246 g/mol. The largest absolute Gasteiger partial charge is 0.493 e. The van der Waals surface area contributed by atoms with Crippen molar-refractivity contribution in [3.05, 3.63) is 29.8 Å². The summed E-state index contributed by atoms with van der Waals surface area (Å²) < 4.78 is 5.76. The van der Waals surface area contributed by atoms with Crippen LogP contribution in [0.1, 0.15) is 24.4 Å². The molecular formula is C15H22N2O. The summed E-state index contributed by atoms with van der Waals surface area (Å²) in [6.45, 7) is 5.65. The zero-order chi connectivity index (χ0) is 12.4. The lowest BCUT2D eigenvalue weighted by molar-refractivity contribution is 0.144. The number of para-hydroxylation sites is 1. The normalized spacial score (nSPS) is 26.2. The van der Waals surface area contributed by atoms with Crippen LogP contribution in [0.3, 0.4) is 0 Å². The first kappa shape index (κ1) is 12.0. The van der Waals surface area contributed by atoms with Crippen LogP contribution in [0.2, 0.25) is 0 Å². The van der Waals surface area contributed by atoms with Gasteiger partial charge < -0.3 is 9.64 Å². The van der Waals surface area contributed by atoms with Crippen molar-refractivity contribution >= 4 is 0 Å². The van der Waals surface area contributed by atoms with Gasteiger partial charge in [-0.3, -0.25) is 4.90 Å². The Labute approximate surface area is 109 Å². The maximum absolute atomic E-state index is 5.76. The lowest BCUT2D eigenvalue weighted by atomic mass is 9.99. The predicted molar refractivity (Wildman–Crippen MR) is 73.0 cm³/mol. The Morgan fingerprint density at radius 3 is 2.94 bits per heavy atom. The van der Waals surface area contributed by atoms with E-state index in [1.54, 1.807) is 0 Å². The molecule has 0 aromatic heterocycles. The molecule has 98 valence electrons. The highest BCUT2D eigenvalue weighted by atomic mass is 16.5. The highest BCUT2D eigenvalue weighted by Gasteiger charge is 2.27. The molecule has 2 aliphatic rings. The van der Waals surface area contributed by atoms with Gasteiger partial charge in [-0.05, 0) is 26.1 Å². The first-order valence-corrected chi connectivity index (χ1v) is 6.99. The number of likely N-dealkylation sites (N-methyl/N-ethyl adjacent to an activating group) is 1. The van der Waals surface area contributed by atoms with Gasteiger partial charge in [0, 0.05) is 37.7 Å². The average Bonchev–Trinajstić information content (AvgIpc) is 2.63. The van der Waals surface area contributed by atoms with Crippen LogP contribution in [0.5, 0.6) is 5.75 Å². The molecule has 3 nitrogen and oxygen atoms in total. The maximum atomic E-state index is 5.76. The van der Waals surface area contributed by atoms with Gasteiger partial charge in [-0.15, -0.1) is 0 Å². The molecule has 18 heavy (non-hydrogen) atoms. The Kier molecular flexibility index (Phi) is 3.52. The Balaban J connectivity index is 1.80. The molecule has 1 saturated heterocycles. The van der Waals surface area contributed by atoms with Gasteiger partial charge in [0.05, 0.1) is 6.61 Å². The van der Waals surface area contributed by atoms with E-state index in [-0.39, 0.29) is 0 Å². The first-order chi connectivity index (χ1) is 8.84. The number of rotatable bonds is 1. The molecule has 3 heteroatoms. The number of ether oxygens (including phenoxy) is 1. The number of hydrogen-bond donors (Lipinski definition) is 0. The minimum Gasteiger partial charge on any atom is -0.493 e. The van der Waals surface area contributed by atoms with Crippen molar-refractivity contribution < 1.29 is 4.74 Å². The fraction of sp³-hybridized carbons (Fsp3) is 0.600. The molecule has 2 aliphatic heterocycles. The Morgan fingerprint density at radius 1 is 1.11 bits per heavy atom. The molecule has 2 heterocycles. The summed E-state index contributed by atoms with van der Waals surface area (Å²) in [6, 6.07) is 9.09. The molecule has 0 unspecified atom stereocenters. The Hall–Kier alpha value is -1.06. The topological polar surface area (TPSA) is 15.7 Å². The second-order valence-electron chi connectivity index (χ2n) is 5.38. The molecule has 1 fully saturated rings. The highest BCUT2D eigenvalue weighted by Crippen LogP contribution is 2.35. The van der Waals surface area contributed by atoms with Crippen molar-refractivity contribution in [2.75, 3.05) is 39.8 Å². The minimum absolute atomic E-state index is 0.557. The van der Waals surface area contributed by atoms with Gasteiger partial charge in [0.1, 0.15) is 5.75 Å². The van der Waals surface area contributed by atoms with Gasteiger partial charge in [-0.25, -0.2) is 0 Å². The van der Waals surface area contributed by atoms with Gasteiger partial charge in [-0.2, -0.15) is 0 Å². The molecule has 0 bridgehead atoms. The van der Waals surface area contributed by atoms with E-state index in [0.717, 1.165) is 18.8 Å². The molecule has 0 saturated carbocycles. The van der Waals surface area contributed by atoms with Crippen molar-refractivity contribution in [1.29, 1.82) is 0 Å². The molecule has 0 aliphatic carbocycles. The summed E-state index contributed by atoms with van der Waals surface area (Å²) in [7, 11) is 2.22. The van der Waals surface area contributed by atoms with Crippen molar-refractivity contribution in [2.24, 2.45) is 0 Å². The fourth-order valence-corrected chi connectivity index (χ4v) is 3.08. The minimum atomic E-state index is 0.557. The molecule has 1 aromatic carbocycles. The lowest BCUT2D eigenvalue weighted by Gasteiger charge is -2.35. The van der Waals surface area contributed by atoms with Gasteiger partial charge in [0.25, 0.3) is 0 Å². The maximum Gasteiger partial charge on any atom is 0.124 e. The van der Waals surface area contributed by atoms with Crippen LogP contribution in [-0.4, -0.2) is 49.6 Å². The summed E-state index contributed by atoms with van der Waals surface area (Å²) in [6.07, 6.45) is 2.40. The fourth-order valence-electron chi connectivity index (χ4n) is 3.08. The van der Waals surface area contributed by atoms with Crippen LogP contribution < -0.4 is 4.74 Å². The summed E-state index contributed by atoms with van der Waals surface area (Å²) in [5.74, 6) is 1.09. The zero-order valence-corrected chi connectivity index (χ0v) is 11.1. The van der Waals surface area contributed by atoms with Crippen molar-refractivity contribution in [2.45, 2.75) is 18.9 Å². The summed E-state index contributed by atoms with van der Waals surface area (Å²) >= 11 is 0. The number of benzene rings is 1. The molecule has 0 amide bonds. The Morgan fingerprint density at radius 2 is 2.00 bits per heavy atom. The van der Waals surface area contributed by atoms with E-state index in [4.69, 9.17) is 4.74 Å². The lowest BCUT2D eigenvalue weighted by Crippen LogP contribution is -2.35. The van der Waals surface area contributed by atoms with Gasteiger partial charge in [-0.1, -0.05) is 18.2 Å². The van der Waals surface area contributed by atoms with Crippen LogP contribution in [0.25, 0.3) is 0 Å². The molecule has 3 rings (SSSR count). The van der Waals surface area contributed by atoms with E-state index in [0.29, 0.717) is 6.04 Å². The highest BCUT2D eigenvalue weighted by molar-refractivity contribution is 5.37. The summed E-state index contributed by atoms with van der Waals surface area (Å²) in [5, 5.41) is 0. The van der Waals surface area contributed by atoms with Gasteiger partial charge in [0.15, 0.2) is 0 Å². The van der Waals surface area contributed by atoms with E-state index in [1.165, 1.54) is 38.2 Å². The number of fused-ring (bicyclic) bond motifs is 1. The third-order valence-corrected chi connectivity index (χ3v) is 4.12. The molecular weight excluding hydrogens is 224 g/mol. The van der Waals surface area contributed by atoms with E-state index in [9.17, 15) is 0 Å². The van der Waals surface area contributed by atoms with Crippen LogP contribution in [0.4, 0.5) is 0 Å². The Bertz CT molecular complexity index is 407. The smallest absolute Gasteiger partial charge is 0.124 e. The summed E-state index contributed by atoms with van der Waals surface area (Å²) in [4.78, 5) is 5.08. The molecule has 0 spiro atoms. The second kappa shape index (κ2) is 5.29. The zero-order valence-electron chi connectivity index (χ0n) is 11.1. The van der Waals surface area contributed by atoms with Gasteiger partial charge >= 0.3 is 0 Å². The molecule has 1 atom stereocenters. The van der Waals surface area contributed by atoms with Crippen LogP contribution in [-0.2, 0) is 0 Å². The third kappa shape index (κ3) is 2.38. The number of nitrogens with zero attached hydrogens (tertiary/aromatic N) is 2. The van der Waals surface area contributed by atoms with Gasteiger partial charge in [0.2, 0.25) is 0 Å². The van der Waals surface area contributed by atoms with E-state index < -0.39 is 0 Å². The van der Waals surface area contributed by atoms with Crippen molar-refractivity contribution in [1.82, 2.24) is 9.80 Å². The van der Waals surface area contributed by atoms with E-state index in [2.05, 4.69) is 41.1 Å². The van der Waals surface area contributed by atoms with Crippen LogP contribution in [0, 0.1) is 0 Å². The summed E-state index contributed by atoms with van der Waals surface area (Å²) in [5.41, 5.74) is 1.38.